The van der Waals surface area contributed by atoms with Gasteiger partial charge in [0.05, 0.1) is 0 Å². The predicted molar refractivity (Wildman–Crippen MR) is 60.1 cm³/mol. The molecule has 0 spiro atoms. The number of halogens is 4. The second-order valence-electron chi connectivity index (χ2n) is 2.17. The second-order valence-corrected chi connectivity index (χ2v) is 16.1. The van der Waals surface area contributed by atoms with Gasteiger partial charge in [-0.3, -0.25) is 0 Å². The van der Waals surface area contributed by atoms with Gasteiger partial charge in [-0.05, 0) is 6.55 Å². The summed E-state index contributed by atoms with van der Waals surface area (Å²) in [5.74, 6) is 0. The Morgan fingerprint density at radius 2 is 1.55 bits per heavy atom. The highest BCUT2D eigenvalue weighted by Gasteiger charge is 2.23. The molecule has 11 heavy (non-hydrogen) atoms. The van der Waals surface area contributed by atoms with Crippen molar-refractivity contribution in [1.82, 2.24) is 0 Å². The highest BCUT2D eigenvalue weighted by molar-refractivity contribution is 7.51. The zero-order chi connectivity index (χ0) is 9.12. The van der Waals surface area contributed by atoms with Crippen molar-refractivity contribution in [2.45, 2.75) is 6.55 Å². The van der Waals surface area contributed by atoms with Crippen LogP contribution in [0.15, 0.2) is 23.7 Å². The topological polar surface area (TPSA) is 0 Å². The van der Waals surface area contributed by atoms with Crippen LogP contribution in [-0.2, 0) is 0 Å². The third kappa shape index (κ3) is 7.43. The molecule has 0 aromatic carbocycles. The second kappa shape index (κ2) is 4.35. The van der Waals surface area contributed by atoms with Gasteiger partial charge in [0.25, 0.3) is 13.4 Å². The van der Waals surface area contributed by atoms with E-state index in [0.717, 1.165) is 0 Å². The third-order valence-electron chi connectivity index (χ3n) is 0.870. The van der Waals surface area contributed by atoms with Crippen LogP contribution in [0.25, 0.3) is 0 Å². The van der Waals surface area contributed by atoms with E-state index in [1.807, 2.05) is 0 Å². The molecule has 64 valence electrons. The first-order valence-electron chi connectivity index (χ1n) is 2.86. The Balaban J connectivity index is 4.24. The molecule has 0 bridgehead atoms. The van der Waals surface area contributed by atoms with Crippen molar-refractivity contribution in [3.8, 4) is 0 Å². The summed E-state index contributed by atoms with van der Waals surface area (Å²) in [6, 6.07) is 0. The minimum absolute atomic E-state index is 1.54. The molecule has 0 aromatic rings. The summed E-state index contributed by atoms with van der Waals surface area (Å²) in [7, 11) is 0. The van der Waals surface area contributed by atoms with E-state index in [1.165, 1.54) is 0 Å². The molecule has 0 aliphatic heterocycles. The quantitative estimate of drug-likeness (QED) is 0.538. The van der Waals surface area contributed by atoms with E-state index in [-0.39, 0.29) is 0 Å². The summed E-state index contributed by atoms with van der Waals surface area (Å²) in [5, 5.41) is 0. The molecule has 0 rings (SSSR count). The molecule has 0 nitrogen and oxygen atoms in total. The molecule has 0 aromatic heterocycles. The van der Waals surface area contributed by atoms with Crippen molar-refractivity contribution < 1.29 is 0 Å². The van der Waals surface area contributed by atoms with Crippen molar-refractivity contribution >= 4 is 57.7 Å². The Hall–Kier alpha value is 1.07. The van der Waals surface area contributed by atoms with Crippen molar-refractivity contribution in [3.63, 3.8) is 0 Å². The zero-order valence-electron chi connectivity index (χ0n) is 5.95. The molecule has 6 heteroatoms. The van der Waals surface area contributed by atoms with Crippen LogP contribution in [0.4, 0.5) is 0 Å². The lowest BCUT2D eigenvalue weighted by molar-refractivity contribution is 2.15. The summed E-state index contributed by atoms with van der Waals surface area (Å²) in [6.07, 6.45) is 0. The summed E-state index contributed by atoms with van der Waals surface area (Å²) < 4.78 is 0. The minimum atomic E-state index is -2.39. The van der Waals surface area contributed by atoms with Gasteiger partial charge in [-0.2, -0.15) is 0 Å². The SMILES string of the molecule is C=C[Si](Cl)(Cl)C=C[Si](C)(Cl)Cl. The Morgan fingerprint density at radius 1 is 1.09 bits per heavy atom. The van der Waals surface area contributed by atoms with Gasteiger partial charge in [0.1, 0.15) is 0 Å². The number of hydrogen-bond donors (Lipinski definition) is 0. The average Bonchev–Trinajstić information content (AvgIpc) is 1.83. The average molecular weight is 266 g/mol. The fraction of sp³-hybridized carbons (Fsp3) is 0.200. The van der Waals surface area contributed by atoms with Crippen molar-refractivity contribution in [2.75, 3.05) is 0 Å². The van der Waals surface area contributed by atoms with Crippen molar-refractivity contribution in [1.29, 1.82) is 0 Å². The van der Waals surface area contributed by atoms with Gasteiger partial charge in [0, 0.05) is 0 Å². The van der Waals surface area contributed by atoms with Gasteiger partial charge in [0.15, 0.2) is 0 Å². The van der Waals surface area contributed by atoms with E-state index in [2.05, 4.69) is 6.58 Å². The molecular weight excluding hydrogens is 258 g/mol. The third-order valence-corrected chi connectivity index (χ3v) is 5.55. The largest absolute Gasteiger partial charge is 0.295 e. The van der Waals surface area contributed by atoms with Crippen LogP contribution in [0.5, 0.6) is 0 Å². The Kier molecular flexibility index (Phi) is 4.77. The first kappa shape index (κ1) is 12.1. The smallest absolute Gasteiger partial charge is 0.141 e. The van der Waals surface area contributed by atoms with Crippen LogP contribution in [0.1, 0.15) is 0 Å². The molecule has 0 N–H and O–H groups in total. The van der Waals surface area contributed by atoms with Crippen LogP contribution in [-0.4, -0.2) is 13.4 Å². The van der Waals surface area contributed by atoms with E-state index >= 15 is 0 Å². The maximum Gasteiger partial charge on any atom is 0.295 e. The van der Waals surface area contributed by atoms with Gasteiger partial charge in [-0.15, -0.1) is 50.9 Å². The molecule has 0 atom stereocenters. The molecule has 0 aliphatic carbocycles. The van der Waals surface area contributed by atoms with E-state index < -0.39 is 13.4 Å². The summed E-state index contributed by atoms with van der Waals surface area (Å²) in [5.41, 5.74) is 4.92. The van der Waals surface area contributed by atoms with Gasteiger partial charge in [-0.1, -0.05) is 17.1 Å². The van der Waals surface area contributed by atoms with Gasteiger partial charge in [-0.25, -0.2) is 0 Å². The summed E-state index contributed by atoms with van der Waals surface area (Å²) in [4.78, 5) is 0. The molecule has 0 fully saturated rings. The maximum absolute atomic E-state index is 5.83. The van der Waals surface area contributed by atoms with Crippen LogP contribution < -0.4 is 0 Å². The fourth-order valence-corrected chi connectivity index (χ4v) is 4.79. The van der Waals surface area contributed by atoms with Crippen molar-refractivity contribution in [2.24, 2.45) is 0 Å². The monoisotopic (exact) mass is 264 g/mol. The highest BCUT2D eigenvalue weighted by Crippen LogP contribution is 2.21. The lowest BCUT2D eigenvalue weighted by Gasteiger charge is -2.06. The van der Waals surface area contributed by atoms with Gasteiger partial charge >= 0.3 is 0 Å². The van der Waals surface area contributed by atoms with E-state index in [4.69, 9.17) is 44.3 Å². The van der Waals surface area contributed by atoms with Crippen LogP contribution in [0.2, 0.25) is 6.55 Å². The Morgan fingerprint density at radius 3 is 1.82 bits per heavy atom. The lowest BCUT2D eigenvalue weighted by atomic mass is 11.2. The minimum Gasteiger partial charge on any atom is -0.141 e. The molecule has 0 heterocycles. The van der Waals surface area contributed by atoms with Crippen molar-refractivity contribution in [3.05, 3.63) is 23.7 Å². The maximum atomic E-state index is 5.83. The Bertz CT molecular complexity index is 170. The lowest BCUT2D eigenvalue weighted by Crippen LogP contribution is -2.16. The van der Waals surface area contributed by atoms with Gasteiger partial charge in [0.2, 0.25) is 0 Å². The van der Waals surface area contributed by atoms with Crippen LogP contribution in [0.3, 0.4) is 0 Å². The first-order chi connectivity index (χ1) is 4.77. The summed E-state index contributed by atoms with van der Waals surface area (Å²) >= 11 is 23.2. The highest BCUT2D eigenvalue weighted by atomic mass is 35.7. The molecule has 0 unspecified atom stereocenters. The molecule has 0 saturated heterocycles. The molecule has 0 radical (unpaired) electrons. The number of hydrogen-bond acceptors (Lipinski definition) is 0. The Labute approximate surface area is 87.6 Å². The molecule has 0 aliphatic rings. The van der Waals surface area contributed by atoms with Gasteiger partial charge < -0.3 is 0 Å². The normalized spacial score (nSPS) is 13.9. The summed E-state index contributed by atoms with van der Waals surface area (Å²) in [6.45, 7) is 0.686. The van der Waals surface area contributed by atoms with E-state index in [1.54, 1.807) is 23.6 Å². The number of rotatable bonds is 3. The van der Waals surface area contributed by atoms with Crippen LogP contribution >= 0.6 is 44.3 Å². The standard InChI is InChI=1S/C5H8Cl4Si2/c1-3-11(8,9)5-4-10(2,6)7/h3-5H,1H2,2H3. The predicted octanol–water partition coefficient (Wildman–Crippen LogP) is 3.82. The molecular formula is C5H8Cl4Si2. The molecule has 0 amide bonds. The fourth-order valence-electron chi connectivity index (χ4n) is 0.325. The zero-order valence-corrected chi connectivity index (χ0v) is 11.0. The van der Waals surface area contributed by atoms with E-state index in [9.17, 15) is 0 Å². The first-order valence-corrected chi connectivity index (χ1v) is 11.6. The van der Waals surface area contributed by atoms with Crippen LogP contribution in [0, 0.1) is 0 Å². The molecule has 0 saturated carbocycles. The van der Waals surface area contributed by atoms with E-state index in [0.29, 0.717) is 0 Å².